The molecule has 4 atom stereocenters. The van der Waals surface area contributed by atoms with E-state index in [0.29, 0.717) is 22.4 Å². The summed E-state index contributed by atoms with van der Waals surface area (Å²) in [6, 6.07) is 9.56. The second kappa shape index (κ2) is 9.86. The number of thiophene rings is 1. The standard InChI is InChI=1S/C22H25Cl3O2S/c1-13(26)22-8-6-17(28-22)3-2-4-18-19(21(27)12-20(18)25)7-5-14-9-15(23)11-16(24)10-14/h6,8-11,18-21,26-27H,1-5,7,12H2/t18-,19-,20-,21+/m1/s1. The van der Waals surface area contributed by atoms with Crippen LogP contribution in [0.5, 0.6) is 0 Å². The van der Waals surface area contributed by atoms with Crippen molar-refractivity contribution < 1.29 is 10.2 Å². The molecule has 0 aliphatic heterocycles. The average Bonchev–Trinajstić information content (AvgIpc) is 3.18. The van der Waals surface area contributed by atoms with Crippen molar-refractivity contribution in [2.24, 2.45) is 11.8 Å². The topological polar surface area (TPSA) is 40.5 Å². The van der Waals surface area contributed by atoms with E-state index in [2.05, 4.69) is 6.58 Å². The van der Waals surface area contributed by atoms with Gasteiger partial charge in [0.25, 0.3) is 0 Å². The maximum atomic E-state index is 10.5. The number of aliphatic hydroxyl groups is 2. The van der Waals surface area contributed by atoms with Gasteiger partial charge in [-0.2, -0.15) is 0 Å². The molecule has 1 fully saturated rings. The minimum atomic E-state index is -0.354. The van der Waals surface area contributed by atoms with Gasteiger partial charge in [0, 0.05) is 20.3 Å². The molecule has 0 bridgehead atoms. The van der Waals surface area contributed by atoms with Crippen molar-refractivity contribution in [3.05, 3.63) is 62.3 Å². The van der Waals surface area contributed by atoms with Crippen molar-refractivity contribution >= 4 is 51.9 Å². The van der Waals surface area contributed by atoms with Crippen molar-refractivity contribution in [2.45, 2.75) is 50.0 Å². The van der Waals surface area contributed by atoms with Crippen molar-refractivity contribution in [3.63, 3.8) is 0 Å². The Labute approximate surface area is 185 Å². The van der Waals surface area contributed by atoms with Crippen LogP contribution in [0.3, 0.4) is 0 Å². The fourth-order valence-electron chi connectivity index (χ4n) is 4.20. The van der Waals surface area contributed by atoms with Gasteiger partial charge >= 0.3 is 0 Å². The Hall–Kier alpha value is -0.710. The van der Waals surface area contributed by atoms with Gasteiger partial charge in [0.05, 0.1) is 11.0 Å². The van der Waals surface area contributed by atoms with Crippen LogP contribution < -0.4 is 0 Å². The van der Waals surface area contributed by atoms with Gasteiger partial charge in [0.1, 0.15) is 5.76 Å². The maximum absolute atomic E-state index is 10.5. The van der Waals surface area contributed by atoms with E-state index in [4.69, 9.17) is 34.8 Å². The first-order valence-corrected chi connectivity index (χ1v) is 11.6. The first-order valence-electron chi connectivity index (χ1n) is 9.57. The highest BCUT2D eigenvalue weighted by molar-refractivity contribution is 7.13. The van der Waals surface area contributed by atoms with Crippen LogP contribution in [-0.2, 0) is 12.8 Å². The van der Waals surface area contributed by atoms with Gasteiger partial charge in [-0.15, -0.1) is 22.9 Å². The summed E-state index contributed by atoms with van der Waals surface area (Å²) < 4.78 is 0. The molecular formula is C22H25Cl3O2S. The van der Waals surface area contributed by atoms with E-state index >= 15 is 0 Å². The fourth-order valence-corrected chi connectivity index (χ4v) is 6.19. The zero-order chi connectivity index (χ0) is 20.3. The van der Waals surface area contributed by atoms with Gasteiger partial charge in [-0.3, -0.25) is 0 Å². The SMILES string of the molecule is C=C(O)c1ccc(CCC[C@@H]2[C@@H](CCc3cc(Cl)cc(Cl)c3)[C@@H](O)C[C@H]2Cl)s1. The van der Waals surface area contributed by atoms with Crippen molar-refractivity contribution in [1.82, 2.24) is 0 Å². The van der Waals surface area contributed by atoms with Crippen LogP contribution in [0.4, 0.5) is 0 Å². The molecule has 6 heteroatoms. The number of halogens is 3. The lowest BCUT2D eigenvalue weighted by Gasteiger charge is -2.23. The molecule has 1 aromatic carbocycles. The third kappa shape index (κ3) is 5.67. The summed E-state index contributed by atoms with van der Waals surface area (Å²) in [5.74, 6) is 0.618. The zero-order valence-corrected chi connectivity index (χ0v) is 18.7. The molecule has 1 heterocycles. The second-order valence-corrected chi connectivity index (χ2v) is 10.2. The second-order valence-electron chi connectivity index (χ2n) is 7.57. The molecule has 2 N–H and O–H groups in total. The van der Waals surface area contributed by atoms with E-state index in [0.717, 1.165) is 42.5 Å². The molecule has 1 aliphatic rings. The van der Waals surface area contributed by atoms with Gasteiger partial charge in [0.2, 0.25) is 0 Å². The fraction of sp³-hybridized carbons (Fsp3) is 0.455. The van der Waals surface area contributed by atoms with Crippen LogP contribution in [-0.4, -0.2) is 21.7 Å². The van der Waals surface area contributed by atoms with E-state index in [1.165, 1.54) is 4.88 Å². The molecule has 28 heavy (non-hydrogen) atoms. The highest BCUT2D eigenvalue weighted by atomic mass is 35.5. The lowest BCUT2D eigenvalue weighted by atomic mass is 9.85. The first-order chi connectivity index (χ1) is 13.3. The summed E-state index contributed by atoms with van der Waals surface area (Å²) in [7, 11) is 0. The molecule has 1 saturated carbocycles. The summed E-state index contributed by atoms with van der Waals surface area (Å²) in [4.78, 5) is 2.06. The lowest BCUT2D eigenvalue weighted by Crippen LogP contribution is -2.21. The van der Waals surface area contributed by atoms with E-state index in [1.807, 2.05) is 24.3 Å². The number of aliphatic hydroxyl groups excluding tert-OH is 2. The molecule has 2 nitrogen and oxygen atoms in total. The molecule has 1 aromatic heterocycles. The Morgan fingerprint density at radius 2 is 1.79 bits per heavy atom. The molecule has 0 unspecified atom stereocenters. The summed E-state index contributed by atoms with van der Waals surface area (Å²) in [5, 5.41) is 21.3. The van der Waals surface area contributed by atoms with Gasteiger partial charge in [-0.05, 0) is 86.3 Å². The molecule has 0 saturated heterocycles. The Kier molecular flexibility index (Phi) is 7.74. The van der Waals surface area contributed by atoms with Crippen LogP contribution in [0.15, 0.2) is 36.9 Å². The number of alkyl halides is 1. The zero-order valence-electron chi connectivity index (χ0n) is 15.6. The van der Waals surface area contributed by atoms with Gasteiger partial charge in [-0.1, -0.05) is 29.8 Å². The average molecular weight is 460 g/mol. The Balaban J connectivity index is 1.56. The number of hydrogen-bond acceptors (Lipinski definition) is 3. The highest BCUT2D eigenvalue weighted by Gasteiger charge is 2.40. The van der Waals surface area contributed by atoms with Crippen LogP contribution in [0.1, 0.15) is 41.0 Å². The normalized spacial score (nSPS) is 24.6. The Morgan fingerprint density at radius 1 is 1.07 bits per heavy atom. The third-order valence-corrected chi connectivity index (χ3v) is 7.70. The van der Waals surface area contributed by atoms with Crippen molar-refractivity contribution in [1.29, 1.82) is 0 Å². The summed E-state index contributed by atoms with van der Waals surface area (Å²) in [6.07, 6.45) is 4.95. The Bertz CT molecular complexity index is 800. The van der Waals surface area contributed by atoms with E-state index in [9.17, 15) is 10.2 Å². The monoisotopic (exact) mass is 458 g/mol. The predicted octanol–water partition coefficient (Wildman–Crippen LogP) is 7.14. The molecule has 2 aromatic rings. The first kappa shape index (κ1) is 22.0. The van der Waals surface area contributed by atoms with Gasteiger partial charge in [-0.25, -0.2) is 0 Å². The van der Waals surface area contributed by atoms with Crippen molar-refractivity contribution in [2.75, 3.05) is 0 Å². The number of rotatable bonds is 8. The van der Waals surface area contributed by atoms with Crippen LogP contribution in [0, 0.1) is 11.8 Å². The Morgan fingerprint density at radius 3 is 2.43 bits per heavy atom. The largest absolute Gasteiger partial charge is 0.507 e. The molecule has 0 spiro atoms. The minimum absolute atomic E-state index is 0.0130. The number of hydrogen-bond donors (Lipinski definition) is 2. The van der Waals surface area contributed by atoms with E-state index < -0.39 is 0 Å². The lowest BCUT2D eigenvalue weighted by molar-refractivity contribution is 0.109. The third-order valence-electron chi connectivity index (χ3n) is 5.57. The smallest absolute Gasteiger partial charge is 0.125 e. The predicted molar refractivity (Wildman–Crippen MR) is 121 cm³/mol. The summed E-state index contributed by atoms with van der Waals surface area (Å²) >= 11 is 20.4. The highest BCUT2D eigenvalue weighted by Crippen LogP contribution is 2.42. The number of benzene rings is 1. The molecule has 152 valence electrons. The molecule has 3 rings (SSSR count). The van der Waals surface area contributed by atoms with Gasteiger partial charge < -0.3 is 10.2 Å². The number of aryl methyl sites for hydroxylation is 2. The maximum Gasteiger partial charge on any atom is 0.125 e. The van der Waals surface area contributed by atoms with Crippen LogP contribution in [0.25, 0.3) is 5.76 Å². The van der Waals surface area contributed by atoms with Crippen molar-refractivity contribution in [3.8, 4) is 0 Å². The molecular weight excluding hydrogens is 435 g/mol. The van der Waals surface area contributed by atoms with Gasteiger partial charge in [0.15, 0.2) is 0 Å². The quantitative estimate of drug-likeness (QED) is 0.325. The molecule has 1 aliphatic carbocycles. The minimum Gasteiger partial charge on any atom is -0.507 e. The summed E-state index contributed by atoms with van der Waals surface area (Å²) in [5.41, 5.74) is 1.09. The van der Waals surface area contributed by atoms with Crippen LogP contribution in [0.2, 0.25) is 10.0 Å². The molecule has 0 radical (unpaired) electrons. The van der Waals surface area contributed by atoms with Crippen LogP contribution >= 0.6 is 46.1 Å². The molecule has 0 amide bonds. The van der Waals surface area contributed by atoms with E-state index in [-0.39, 0.29) is 23.2 Å². The van der Waals surface area contributed by atoms with E-state index in [1.54, 1.807) is 17.4 Å². The summed E-state index contributed by atoms with van der Waals surface area (Å²) in [6.45, 7) is 3.57.